The number of fused-ring (bicyclic) bond motifs is 1. The van der Waals surface area contributed by atoms with Gasteiger partial charge >= 0.3 is 0 Å². The van der Waals surface area contributed by atoms with Crippen LogP contribution in [0.1, 0.15) is 47.6 Å². The van der Waals surface area contributed by atoms with Crippen LogP contribution in [-0.4, -0.2) is 22.5 Å². The van der Waals surface area contributed by atoms with E-state index in [1.165, 1.54) is 22.3 Å². The summed E-state index contributed by atoms with van der Waals surface area (Å²) in [6.07, 6.45) is 5.36. The van der Waals surface area contributed by atoms with Gasteiger partial charge in [-0.15, -0.1) is 11.6 Å². The number of carbonyl (C=O) groups excluding carboxylic acids is 1. The summed E-state index contributed by atoms with van der Waals surface area (Å²) >= 11 is 5.91. The SMILES string of the molecule is Cc1ccc(C=C2CCCC3C2=NN(C(=O)CCl)C3c2ccc(C)cc2)cc1. The van der Waals surface area contributed by atoms with E-state index < -0.39 is 0 Å². The molecule has 4 heteroatoms. The summed E-state index contributed by atoms with van der Waals surface area (Å²) in [6.45, 7) is 4.17. The molecule has 4 rings (SSSR count). The molecule has 1 aliphatic heterocycles. The first kappa shape index (κ1) is 18.9. The van der Waals surface area contributed by atoms with Crippen LogP contribution < -0.4 is 0 Å². The lowest BCUT2D eigenvalue weighted by atomic mass is 9.77. The van der Waals surface area contributed by atoms with Crippen molar-refractivity contribution in [2.75, 3.05) is 5.88 Å². The third-order valence-electron chi connectivity index (χ3n) is 5.71. The van der Waals surface area contributed by atoms with Gasteiger partial charge in [0.15, 0.2) is 0 Å². The minimum Gasteiger partial charge on any atom is -0.272 e. The first-order valence-corrected chi connectivity index (χ1v) is 10.4. The highest BCUT2D eigenvalue weighted by Crippen LogP contribution is 2.44. The smallest absolute Gasteiger partial charge is 0.258 e. The van der Waals surface area contributed by atoms with Gasteiger partial charge in [-0.2, -0.15) is 5.10 Å². The summed E-state index contributed by atoms with van der Waals surface area (Å²) in [4.78, 5) is 12.6. The van der Waals surface area contributed by atoms with Gasteiger partial charge in [0.1, 0.15) is 5.88 Å². The summed E-state index contributed by atoms with van der Waals surface area (Å²) < 4.78 is 0. The normalized spacial score (nSPS) is 22.9. The number of hydrogen-bond acceptors (Lipinski definition) is 2. The van der Waals surface area contributed by atoms with Gasteiger partial charge < -0.3 is 0 Å². The average Bonchev–Trinajstić information content (AvgIpc) is 3.10. The topological polar surface area (TPSA) is 32.7 Å². The molecule has 0 saturated heterocycles. The third-order valence-corrected chi connectivity index (χ3v) is 5.94. The van der Waals surface area contributed by atoms with Crippen molar-refractivity contribution >= 4 is 29.3 Å². The van der Waals surface area contributed by atoms with E-state index in [9.17, 15) is 4.79 Å². The first-order chi connectivity index (χ1) is 13.6. The predicted octanol–water partition coefficient (Wildman–Crippen LogP) is 5.67. The van der Waals surface area contributed by atoms with E-state index in [2.05, 4.69) is 68.5 Å². The molecule has 3 nitrogen and oxygen atoms in total. The van der Waals surface area contributed by atoms with Crippen LogP contribution >= 0.6 is 11.6 Å². The fraction of sp³-hybridized carbons (Fsp3) is 0.333. The van der Waals surface area contributed by atoms with Crippen molar-refractivity contribution in [2.45, 2.75) is 39.2 Å². The fourth-order valence-corrected chi connectivity index (χ4v) is 4.35. The van der Waals surface area contributed by atoms with Crippen LogP contribution in [0.25, 0.3) is 6.08 Å². The van der Waals surface area contributed by atoms with Gasteiger partial charge in [0.05, 0.1) is 11.8 Å². The minimum absolute atomic E-state index is 0.0527. The quantitative estimate of drug-likeness (QED) is 0.620. The van der Waals surface area contributed by atoms with Crippen molar-refractivity contribution < 1.29 is 4.79 Å². The summed E-state index contributed by atoms with van der Waals surface area (Å²) in [5.74, 6) is 0.0345. The van der Waals surface area contributed by atoms with E-state index in [1.807, 2.05) is 0 Å². The van der Waals surface area contributed by atoms with E-state index in [4.69, 9.17) is 16.7 Å². The Morgan fingerprint density at radius 1 is 1.11 bits per heavy atom. The molecule has 0 radical (unpaired) electrons. The Morgan fingerprint density at radius 3 is 2.39 bits per heavy atom. The predicted molar refractivity (Wildman–Crippen MR) is 115 cm³/mol. The zero-order valence-corrected chi connectivity index (χ0v) is 17.1. The second kappa shape index (κ2) is 7.92. The van der Waals surface area contributed by atoms with E-state index in [1.54, 1.807) is 5.01 Å². The van der Waals surface area contributed by atoms with Gasteiger partial charge in [-0.1, -0.05) is 59.7 Å². The summed E-state index contributed by atoms with van der Waals surface area (Å²) in [5.41, 5.74) is 7.06. The van der Waals surface area contributed by atoms with Crippen LogP contribution in [0.2, 0.25) is 0 Å². The number of aryl methyl sites for hydroxylation is 2. The maximum Gasteiger partial charge on any atom is 0.258 e. The molecule has 2 atom stereocenters. The molecule has 0 N–H and O–H groups in total. The Kier molecular flexibility index (Phi) is 5.36. The van der Waals surface area contributed by atoms with Crippen molar-refractivity contribution in [3.8, 4) is 0 Å². The number of hydrazone groups is 1. The van der Waals surface area contributed by atoms with Gasteiger partial charge in [0.25, 0.3) is 5.91 Å². The summed E-state index contributed by atoms with van der Waals surface area (Å²) in [6, 6.07) is 16.9. The summed E-state index contributed by atoms with van der Waals surface area (Å²) in [7, 11) is 0. The zero-order chi connectivity index (χ0) is 19.7. The van der Waals surface area contributed by atoms with Gasteiger partial charge in [-0.05, 0) is 55.9 Å². The highest BCUT2D eigenvalue weighted by Gasteiger charge is 2.43. The second-order valence-corrected chi connectivity index (χ2v) is 8.06. The number of nitrogens with zero attached hydrogens (tertiary/aromatic N) is 2. The molecule has 0 aromatic heterocycles. The Bertz CT molecular complexity index is 928. The van der Waals surface area contributed by atoms with E-state index in [0.717, 1.165) is 30.5 Å². The summed E-state index contributed by atoms with van der Waals surface area (Å²) in [5, 5.41) is 6.43. The monoisotopic (exact) mass is 392 g/mol. The Balaban J connectivity index is 1.73. The number of halogens is 1. The van der Waals surface area contributed by atoms with Crippen LogP contribution in [-0.2, 0) is 4.79 Å². The van der Waals surface area contributed by atoms with Gasteiger partial charge in [0.2, 0.25) is 0 Å². The first-order valence-electron chi connectivity index (χ1n) is 9.87. The van der Waals surface area contributed by atoms with Crippen molar-refractivity contribution in [1.29, 1.82) is 0 Å². The largest absolute Gasteiger partial charge is 0.272 e. The van der Waals surface area contributed by atoms with Crippen molar-refractivity contribution in [1.82, 2.24) is 5.01 Å². The van der Waals surface area contributed by atoms with Crippen LogP contribution in [0.3, 0.4) is 0 Å². The lowest BCUT2D eigenvalue weighted by Gasteiger charge is -2.29. The molecule has 2 unspecified atom stereocenters. The number of alkyl halides is 1. The van der Waals surface area contributed by atoms with Gasteiger partial charge in [0, 0.05) is 5.92 Å². The second-order valence-electron chi connectivity index (χ2n) is 7.79. The van der Waals surface area contributed by atoms with Crippen molar-refractivity contribution in [3.63, 3.8) is 0 Å². The average molecular weight is 393 g/mol. The molecule has 2 aliphatic rings. The molecule has 1 saturated carbocycles. The number of amides is 1. The maximum atomic E-state index is 12.6. The van der Waals surface area contributed by atoms with E-state index in [0.29, 0.717) is 0 Å². The lowest BCUT2D eigenvalue weighted by molar-refractivity contribution is -0.130. The third kappa shape index (κ3) is 3.64. The molecule has 1 heterocycles. The van der Waals surface area contributed by atoms with Crippen molar-refractivity contribution in [3.05, 3.63) is 76.4 Å². The molecule has 0 bridgehead atoms. The molecule has 1 aliphatic carbocycles. The molecule has 2 aromatic carbocycles. The number of benzene rings is 2. The Morgan fingerprint density at radius 2 is 1.75 bits per heavy atom. The molecule has 1 fully saturated rings. The number of hydrogen-bond donors (Lipinski definition) is 0. The molecule has 144 valence electrons. The number of carbonyl (C=O) groups is 1. The van der Waals surface area contributed by atoms with Crippen LogP contribution in [0.4, 0.5) is 0 Å². The molecule has 2 aromatic rings. The van der Waals surface area contributed by atoms with Gasteiger partial charge in [-0.3, -0.25) is 4.79 Å². The Hall–Kier alpha value is -2.39. The minimum atomic E-state index is -0.135. The number of allylic oxidation sites excluding steroid dienone is 1. The van der Waals surface area contributed by atoms with Crippen LogP contribution in [0.15, 0.2) is 59.2 Å². The maximum absolute atomic E-state index is 12.6. The van der Waals surface area contributed by atoms with E-state index in [-0.39, 0.29) is 23.7 Å². The lowest BCUT2D eigenvalue weighted by Crippen LogP contribution is -2.32. The molecule has 0 spiro atoms. The fourth-order valence-electron chi connectivity index (χ4n) is 4.23. The van der Waals surface area contributed by atoms with Crippen LogP contribution in [0.5, 0.6) is 0 Å². The molecular formula is C24H25ClN2O. The highest BCUT2D eigenvalue weighted by molar-refractivity contribution is 6.27. The molecule has 28 heavy (non-hydrogen) atoms. The highest BCUT2D eigenvalue weighted by atomic mass is 35.5. The van der Waals surface area contributed by atoms with Crippen molar-refractivity contribution in [2.24, 2.45) is 11.0 Å². The number of rotatable bonds is 3. The standard InChI is InChI=1S/C24H25ClN2O/c1-16-6-10-18(11-7-16)14-20-4-3-5-21-23(20)26-27(22(28)15-25)24(21)19-12-8-17(2)9-13-19/h6-14,21,24H,3-5,15H2,1-2H3. The van der Waals surface area contributed by atoms with E-state index >= 15 is 0 Å². The molecular weight excluding hydrogens is 368 g/mol. The Labute approximate surface area is 171 Å². The zero-order valence-electron chi connectivity index (χ0n) is 16.4. The van der Waals surface area contributed by atoms with Gasteiger partial charge in [-0.25, -0.2) is 5.01 Å². The van der Waals surface area contributed by atoms with Crippen LogP contribution in [0, 0.1) is 19.8 Å². The molecule has 1 amide bonds.